The van der Waals surface area contributed by atoms with Crippen molar-refractivity contribution in [2.45, 2.75) is 18.7 Å². The summed E-state index contributed by atoms with van der Waals surface area (Å²) in [6.45, 7) is 3.98. The van der Waals surface area contributed by atoms with Gasteiger partial charge in [-0.25, -0.2) is 8.42 Å². The van der Waals surface area contributed by atoms with Crippen LogP contribution < -0.4 is 14.4 Å². The summed E-state index contributed by atoms with van der Waals surface area (Å²) in [5.41, 5.74) is 3.43. The number of amides is 1. The summed E-state index contributed by atoms with van der Waals surface area (Å²) in [5.74, 6) is 0.397. The highest BCUT2D eigenvalue weighted by atomic mass is 32.2. The summed E-state index contributed by atoms with van der Waals surface area (Å²) in [6, 6.07) is 19.2. The molecule has 0 bridgehead atoms. The molecule has 0 aliphatic carbocycles. The maximum absolute atomic E-state index is 13.1. The van der Waals surface area contributed by atoms with E-state index in [0.29, 0.717) is 16.3 Å². The zero-order chi connectivity index (χ0) is 23.8. The summed E-state index contributed by atoms with van der Waals surface area (Å²) in [4.78, 5) is 13.6. The van der Waals surface area contributed by atoms with Crippen molar-refractivity contribution in [2.24, 2.45) is 0 Å². The van der Waals surface area contributed by atoms with Crippen LogP contribution in [0.2, 0.25) is 0 Å². The molecule has 1 aromatic heterocycles. The first-order valence-corrected chi connectivity index (χ1v) is 12.5. The molecule has 8 heteroatoms. The summed E-state index contributed by atoms with van der Waals surface area (Å²) >= 11 is 1.37. The van der Waals surface area contributed by atoms with Gasteiger partial charge in [0.25, 0.3) is 15.9 Å². The van der Waals surface area contributed by atoms with Crippen LogP contribution in [-0.2, 0) is 10.0 Å². The molecule has 1 amide bonds. The number of hydrogen-bond donors (Lipinski definition) is 1. The van der Waals surface area contributed by atoms with Crippen molar-refractivity contribution in [1.29, 1.82) is 0 Å². The van der Waals surface area contributed by atoms with Gasteiger partial charge in [-0.2, -0.15) is 0 Å². The Morgan fingerprint density at radius 1 is 1.00 bits per heavy atom. The third kappa shape index (κ3) is 4.44. The number of sulfonamides is 1. The van der Waals surface area contributed by atoms with Crippen LogP contribution >= 0.6 is 11.3 Å². The lowest BCUT2D eigenvalue weighted by atomic mass is 10.1. The molecule has 0 saturated carbocycles. The highest BCUT2D eigenvalue weighted by molar-refractivity contribution is 7.92. The molecule has 0 aliphatic heterocycles. The van der Waals surface area contributed by atoms with E-state index in [1.807, 2.05) is 38.1 Å². The number of nitrogens with zero attached hydrogens (tertiary/aromatic N) is 1. The van der Waals surface area contributed by atoms with Crippen LogP contribution in [0.1, 0.15) is 20.8 Å². The summed E-state index contributed by atoms with van der Waals surface area (Å²) in [6.07, 6.45) is 0. The molecular weight excluding hydrogens is 456 g/mol. The minimum absolute atomic E-state index is 0.171. The smallest absolute Gasteiger partial charge is 0.265 e. The van der Waals surface area contributed by atoms with E-state index in [4.69, 9.17) is 4.74 Å². The topological polar surface area (TPSA) is 75.7 Å². The Morgan fingerprint density at radius 2 is 1.73 bits per heavy atom. The van der Waals surface area contributed by atoms with Crippen molar-refractivity contribution in [3.63, 3.8) is 0 Å². The first kappa shape index (κ1) is 22.8. The zero-order valence-electron chi connectivity index (χ0n) is 18.7. The third-order valence-corrected chi connectivity index (χ3v) is 8.57. The minimum atomic E-state index is -3.74. The summed E-state index contributed by atoms with van der Waals surface area (Å²) in [7, 11) is -0.698. The fourth-order valence-corrected chi connectivity index (χ4v) is 5.58. The number of ether oxygens (including phenoxy) is 1. The van der Waals surface area contributed by atoms with Crippen molar-refractivity contribution in [2.75, 3.05) is 23.8 Å². The number of fused-ring (bicyclic) bond motifs is 1. The van der Waals surface area contributed by atoms with Crippen LogP contribution in [0.5, 0.6) is 5.75 Å². The van der Waals surface area contributed by atoms with Gasteiger partial charge in [-0.05, 0) is 85.0 Å². The Balaban J connectivity index is 1.60. The predicted octanol–water partition coefficient (Wildman–Crippen LogP) is 5.60. The molecule has 0 aliphatic rings. The molecule has 1 N–H and O–H groups in total. The average molecular weight is 481 g/mol. The van der Waals surface area contributed by atoms with Crippen molar-refractivity contribution in [3.05, 3.63) is 82.7 Å². The largest absolute Gasteiger partial charge is 0.497 e. The molecular formula is C25H24N2O4S2. The molecule has 0 radical (unpaired) electrons. The third-order valence-electron chi connectivity index (χ3n) is 5.66. The molecule has 6 nitrogen and oxygen atoms in total. The normalized spacial score (nSPS) is 11.4. The van der Waals surface area contributed by atoms with E-state index >= 15 is 0 Å². The minimum Gasteiger partial charge on any atom is -0.497 e. The molecule has 0 spiro atoms. The number of carbonyl (C=O) groups is 1. The highest BCUT2D eigenvalue weighted by Crippen LogP contribution is 2.32. The maximum atomic E-state index is 13.1. The number of methoxy groups -OCH3 is 1. The van der Waals surface area contributed by atoms with Gasteiger partial charge in [0.05, 0.1) is 22.6 Å². The van der Waals surface area contributed by atoms with Crippen molar-refractivity contribution in [1.82, 2.24) is 0 Å². The zero-order valence-corrected chi connectivity index (χ0v) is 20.4. The molecule has 1 heterocycles. The Labute approximate surface area is 197 Å². The van der Waals surface area contributed by atoms with Crippen LogP contribution in [0.3, 0.4) is 0 Å². The molecule has 4 rings (SSSR count). The summed E-state index contributed by atoms with van der Waals surface area (Å²) in [5, 5.41) is 3.78. The lowest BCUT2D eigenvalue weighted by Crippen LogP contribution is -2.26. The number of hydrogen-bond acceptors (Lipinski definition) is 5. The van der Waals surface area contributed by atoms with Gasteiger partial charge >= 0.3 is 0 Å². The lowest BCUT2D eigenvalue weighted by molar-refractivity contribution is 0.103. The van der Waals surface area contributed by atoms with Gasteiger partial charge in [0.15, 0.2) is 0 Å². The van der Waals surface area contributed by atoms with Gasteiger partial charge in [0, 0.05) is 17.4 Å². The Kier molecular flexibility index (Phi) is 6.14. The molecule has 0 atom stereocenters. The molecule has 3 aromatic carbocycles. The van der Waals surface area contributed by atoms with Gasteiger partial charge in [-0.3, -0.25) is 9.10 Å². The lowest BCUT2D eigenvalue weighted by Gasteiger charge is -2.19. The Bertz CT molecular complexity index is 1440. The molecule has 33 heavy (non-hydrogen) atoms. The molecule has 0 unspecified atom stereocenters. The number of thiophene rings is 1. The number of nitrogens with one attached hydrogen (secondary N) is 1. The van der Waals surface area contributed by atoms with Gasteiger partial charge in [-0.15, -0.1) is 11.3 Å². The van der Waals surface area contributed by atoms with Gasteiger partial charge in [-0.1, -0.05) is 12.1 Å². The summed E-state index contributed by atoms with van der Waals surface area (Å²) < 4.78 is 33.4. The van der Waals surface area contributed by atoms with E-state index in [1.54, 1.807) is 30.3 Å². The first-order chi connectivity index (χ1) is 15.7. The van der Waals surface area contributed by atoms with E-state index in [9.17, 15) is 13.2 Å². The van der Waals surface area contributed by atoms with E-state index < -0.39 is 10.0 Å². The van der Waals surface area contributed by atoms with Crippen LogP contribution in [0.25, 0.3) is 10.1 Å². The number of rotatable bonds is 6. The van der Waals surface area contributed by atoms with E-state index in [1.165, 1.54) is 41.9 Å². The van der Waals surface area contributed by atoms with Gasteiger partial charge in [0.1, 0.15) is 5.75 Å². The fourth-order valence-electron chi connectivity index (χ4n) is 3.45. The highest BCUT2D eigenvalue weighted by Gasteiger charge is 2.22. The second-order valence-corrected chi connectivity index (χ2v) is 10.7. The average Bonchev–Trinajstić information content (AvgIpc) is 3.25. The second kappa shape index (κ2) is 8.88. The van der Waals surface area contributed by atoms with Crippen LogP contribution in [0, 0.1) is 13.8 Å². The van der Waals surface area contributed by atoms with Crippen molar-refractivity contribution >= 4 is 48.7 Å². The Hall–Kier alpha value is -3.36. The monoisotopic (exact) mass is 480 g/mol. The van der Waals surface area contributed by atoms with Crippen LogP contribution in [-0.4, -0.2) is 28.5 Å². The van der Waals surface area contributed by atoms with E-state index in [0.717, 1.165) is 26.9 Å². The number of anilines is 2. The van der Waals surface area contributed by atoms with Gasteiger partial charge < -0.3 is 10.1 Å². The standard InChI is InChI=1S/C25H24N2O4S2/c1-16-6-5-7-22(17(16)2)26-25(28)24-15-18-14-19(8-13-23(18)32-24)27(3)33(29,30)21-11-9-20(31-4)10-12-21/h5-15H,1-4H3,(H,26,28). The quantitative estimate of drug-likeness (QED) is 0.390. The maximum Gasteiger partial charge on any atom is 0.265 e. The van der Waals surface area contributed by atoms with E-state index in [-0.39, 0.29) is 10.8 Å². The first-order valence-electron chi connectivity index (χ1n) is 10.2. The fraction of sp³-hybridized carbons (Fsp3) is 0.160. The molecule has 0 fully saturated rings. The molecule has 0 saturated heterocycles. The SMILES string of the molecule is COc1ccc(S(=O)(=O)N(C)c2ccc3sc(C(=O)Nc4cccc(C)c4C)cc3c2)cc1. The van der Waals surface area contributed by atoms with Crippen LogP contribution in [0.15, 0.2) is 71.6 Å². The number of benzene rings is 3. The van der Waals surface area contributed by atoms with E-state index in [2.05, 4.69) is 5.32 Å². The molecule has 4 aromatic rings. The number of aryl methyl sites for hydroxylation is 1. The van der Waals surface area contributed by atoms with Crippen molar-refractivity contribution < 1.29 is 17.9 Å². The number of carbonyl (C=O) groups excluding carboxylic acids is 1. The molecule has 170 valence electrons. The second-order valence-electron chi connectivity index (χ2n) is 7.68. The van der Waals surface area contributed by atoms with Crippen LogP contribution in [0.4, 0.5) is 11.4 Å². The Morgan fingerprint density at radius 3 is 2.42 bits per heavy atom. The predicted molar refractivity (Wildman–Crippen MR) is 134 cm³/mol. The van der Waals surface area contributed by atoms with Crippen molar-refractivity contribution in [3.8, 4) is 5.75 Å². The van der Waals surface area contributed by atoms with Gasteiger partial charge in [0.2, 0.25) is 0 Å².